The molecular weight excluding hydrogens is 462 g/mol. The number of carbonyl (C=O) groups is 1. The second-order valence-corrected chi connectivity index (χ2v) is 10.5. The minimum atomic E-state index is -3.87. The first-order chi connectivity index (χ1) is 16.6. The standard InChI is InChI=1S/C26H23N5O3S/c1-15-4-8-19(9-5-15)35(33,34)23-11-16(2)10-20-24(21(26(27)32)14-28-25(20)23)30-18-7-6-17-13-29-31(3)22(17)12-18/h4-14H,1-3H3,(H2,27,32)(H,28,30). The monoisotopic (exact) mass is 485 g/mol. The van der Waals surface area contributed by atoms with E-state index >= 15 is 0 Å². The van der Waals surface area contributed by atoms with Crippen LogP contribution < -0.4 is 11.1 Å². The fourth-order valence-corrected chi connectivity index (χ4v) is 5.65. The highest BCUT2D eigenvalue weighted by molar-refractivity contribution is 7.91. The highest BCUT2D eigenvalue weighted by atomic mass is 32.2. The van der Waals surface area contributed by atoms with Gasteiger partial charge in [0.1, 0.15) is 0 Å². The van der Waals surface area contributed by atoms with Crippen LogP contribution in [0.5, 0.6) is 0 Å². The van der Waals surface area contributed by atoms with Crippen LogP contribution in [0, 0.1) is 13.8 Å². The van der Waals surface area contributed by atoms with Crippen LogP contribution in [0.2, 0.25) is 0 Å². The van der Waals surface area contributed by atoms with Crippen molar-refractivity contribution in [2.75, 3.05) is 5.32 Å². The maximum atomic E-state index is 13.6. The molecule has 0 aliphatic rings. The van der Waals surface area contributed by atoms with Crippen molar-refractivity contribution in [1.82, 2.24) is 14.8 Å². The van der Waals surface area contributed by atoms with Crippen molar-refractivity contribution in [3.63, 3.8) is 0 Å². The van der Waals surface area contributed by atoms with E-state index in [0.717, 1.165) is 16.5 Å². The molecule has 0 unspecified atom stereocenters. The number of primary amides is 1. The second kappa shape index (κ2) is 8.21. The van der Waals surface area contributed by atoms with Crippen LogP contribution in [0.1, 0.15) is 21.5 Å². The van der Waals surface area contributed by atoms with Gasteiger partial charge in [-0.1, -0.05) is 17.7 Å². The number of aromatic nitrogens is 3. The zero-order valence-corrected chi connectivity index (χ0v) is 20.2. The number of aryl methyl sites for hydroxylation is 3. The normalized spacial score (nSPS) is 11.7. The van der Waals surface area contributed by atoms with Crippen LogP contribution in [0.4, 0.5) is 11.4 Å². The average molecular weight is 486 g/mol. The van der Waals surface area contributed by atoms with Gasteiger partial charge in [-0.25, -0.2) is 8.42 Å². The summed E-state index contributed by atoms with van der Waals surface area (Å²) in [6.45, 7) is 3.70. The minimum Gasteiger partial charge on any atom is -0.365 e. The highest BCUT2D eigenvalue weighted by Gasteiger charge is 2.24. The van der Waals surface area contributed by atoms with Crippen molar-refractivity contribution >= 4 is 48.9 Å². The van der Waals surface area contributed by atoms with Gasteiger partial charge in [-0.15, -0.1) is 0 Å². The summed E-state index contributed by atoms with van der Waals surface area (Å²) >= 11 is 0. The second-order valence-electron chi connectivity index (χ2n) is 8.55. The molecule has 3 aromatic carbocycles. The molecule has 176 valence electrons. The van der Waals surface area contributed by atoms with Gasteiger partial charge in [0.15, 0.2) is 0 Å². The van der Waals surface area contributed by atoms with Crippen LogP contribution in [0.25, 0.3) is 21.8 Å². The number of nitrogens with one attached hydrogen (secondary N) is 1. The van der Waals surface area contributed by atoms with Crippen LogP contribution in [0.3, 0.4) is 0 Å². The van der Waals surface area contributed by atoms with Crippen molar-refractivity contribution in [3.05, 3.63) is 83.7 Å². The summed E-state index contributed by atoms with van der Waals surface area (Å²) in [4.78, 5) is 16.9. The summed E-state index contributed by atoms with van der Waals surface area (Å²) in [5.41, 5.74) is 9.74. The molecule has 0 saturated carbocycles. The van der Waals surface area contributed by atoms with Crippen molar-refractivity contribution in [2.45, 2.75) is 23.6 Å². The lowest BCUT2D eigenvalue weighted by Gasteiger charge is -2.16. The zero-order chi connectivity index (χ0) is 24.9. The fourth-order valence-electron chi connectivity index (χ4n) is 4.14. The van der Waals surface area contributed by atoms with E-state index in [9.17, 15) is 13.2 Å². The summed E-state index contributed by atoms with van der Waals surface area (Å²) < 4.78 is 28.9. The van der Waals surface area contributed by atoms with Gasteiger partial charge in [0, 0.05) is 29.7 Å². The fraction of sp³-hybridized carbons (Fsp3) is 0.115. The summed E-state index contributed by atoms with van der Waals surface area (Å²) in [6.07, 6.45) is 3.08. The smallest absolute Gasteiger partial charge is 0.252 e. The summed E-state index contributed by atoms with van der Waals surface area (Å²) in [7, 11) is -2.03. The molecule has 1 amide bonds. The largest absolute Gasteiger partial charge is 0.365 e. The van der Waals surface area contributed by atoms with E-state index in [1.807, 2.05) is 32.2 Å². The first-order valence-electron chi connectivity index (χ1n) is 10.9. The molecule has 0 radical (unpaired) electrons. The van der Waals surface area contributed by atoms with E-state index in [2.05, 4.69) is 15.4 Å². The predicted molar refractivity (Wildman–Crippen MR) is 136 cm³/mol. The van der Waals surface area contributed by atoms with E-state index < -0.39 is 15.7 Å². The number of anilines is 2. The van der Waals surface area contributed by atoms with E-state index in [1.54, 1.807) is 54.2 Å². The Hall–Kier alpha value is -4.24. The van der Waals surface area contributed by atoms with E-state index in [4.69, 9.17) is 5.73 Å². The van der Waals surface area contributed by atoms with Crippen molar-refractivity contribution in [1.29, 1.82) is 0 Å². The van der Waals surface area contributed by atoms with Crippen molar-refractivity contribution < 1.29 is 13.2 Å². The zero-order valence-electron chi connectivity index (χ0n) is 19.4. The molecular formula is C26H23N5O3S. The molecule has 35 heavy (non-hydrogen) atoms. The van der Waals surface area contributed by atoms with Gasteiger partial charge in [0.25, 0.3) is 5.91 Å². The quantitative estimate of drug-likeness (QED) is 0.380. The molecule has 8 nitrogen and oxygen atoms in total. The Morgan fingerprint density at radius 2 is 1.71 bits per heavy atom. The van der Waals surface area contributed by atoms with Gasteiger partial charge in [0.2, 0.25) is 9.84 Å². The molecule has 5 aromatic rings. The maximum Gasteiger partial charge on any atom is 0.252 e. The molecule has 0 spiro atoms. The molecule has 0 aliphatic heterocycles. The molecule has 2 heterocycles. The topological polar surface area (TPSA) is 120 Å². The molecule has 0 fully saturated rings. The number of hydrogen-bond donors (Lipinski definition) is 2. The van der Waals surface area contributed by atoms with Crippen molar-refractivity contribution in [2.24, 2.45) is 12.8 Å². The summed E-state index contributed by atoms with van der Waals surface area (Å²) in [5, 5.41) is 9.00. The number of fused-ring (bicyclic) bond motifs is 2. The first kappa shape index (κ1) is 22.5. The van der Waals surface area contributed by atoms with Crippen LogP contribution >= 0.6 is 0 Å². The maximum absolute atomic E-state index is 13.6. The lowest BCUT2D eigenvalue weighted by Crippen LogP contribution is -2.15. The van der Waals surface area contributed by atoms with Crippen LogP contribution in [-0.2, 0) is 16.9 Å². The number of benzene rings is 3. The Kier molecular flexibility index (Phi) is 5.29. The molecule has 9 heteroatoms. The van der Waals surface area contributed by atoms with Crippen LogP contribution in [-0.4, -0.2) is 29.1 Å². The number of carbonyl (C=O) groups excluding carboxylic acids is 1. The SMILES string of the molecule is Cc1ccc(S(=O)(=O)c2cc(C)cc3c(Nc4ccc5cnn(C)c5c4)c(C(N)=O)cnc23)cc1. The summed E-state index contributed by atoms with van der Waals surface area (Å²) in [6, 6.07) is 15.7. The Labute approximate surface area is 202 Å². The molecule has 0 aliphatic carbocycles. The number of sulfone groups is 1. The highest BCUT2D eigenvalue weighted by Crippen LogP contribution is 2.36. The predicted octanol–water partition coefficient (Wildman–Crippen LogP) is 4.41. The Morgan fingerprint density at radius 3 is 2.43 bits per heavy atom. The van der Waals surface area contributed by atoms with Crippen molar-refractivity contribution in [3.8, 4) is 0 Å². The van der Waals surface area contributed by atoms with Gasteiger partial charge in [-0.2, -0.15) is 5.10 Å². The molecule has 0 bridgehead atoms. The number of pyridine rings is 1. The van der Waals surface area contributed by atoms with Gasteiger partial charge in [0.05, 0.1) is 38.3 Å². The first-order valence-corrected chi connectivity index (χ1v) is 12.4. The number of rotatable bonds is 5. The molecule has 0 atom stereocenters. The molecule has 5 rings (SSSR count). The van der Waals surface area contributed by atoms with E-state index in [0.29, 0.717) is 22.3 Å². The lowest BCUT2D eigenvalue weighted by atomic mass is 10.1. The Morgan fingerprint density at radius 1 is 0.971 bits per heavy atom. The van der Waals surface area contributed by atoms with E-state index in [1.165, 1.54) is 6.20 Å². The van der Waals surface area contributed by atoms with Gasteiger partial charge < -0.3 is 11.1 Å². The van der Waals surface area contributed by atoms with Crippen LogP contribution in [0.15, 0.2) is 76.8 Å². The summed E-state index contributed by atoms with van der Waals surface area (Å²) in [5.74, 6) is -0.673. The molecule has 0 saturated heterocycles. The lowest BCUT2D eigenvalue weighted by molar-refractivity contribution is 0.100. The third kappa shape index (κ3) is 3.89. The number of nitrogens with zero attached hydrogens (tertiary/aromatic N) is 3. The van der Waals surface area contributed by atoms with E-state index in [-0.39, 0.29) is 20.9 Å². The average Bonchev–Trinajstić information content (AvgIpc) is 3.19. The van der Waals surface area contributed by atoms with Gasteiger partial charge in [-0.05, 0) is 61.9 Å². The minimum absolute atomic E-state index is 0.0671. The Balaban J connectivity index is 1.74. The number of hydrogen-bond acceptors (Lipinski definition) is 6. The third-order valence-corrected chi connectivity index (χ3v) is 7.77. The number of nitrogens with two attached hydrogens (primary N) is 1. The van der Waals surface area contributed by atoms with Gasteiger partial charge in [-0.3, -0.25) is 14.5 Å². The van der Waals surface area contributed by atoms with Gasteiger partial charge >= 0.3 is 0 Å². The number of amides is 1. The molecule has 2 aromatic heterocycles. The molecule has 3 N–H and O–H groups in total. The third-order valence-electron chi connectivity index (χ3n) is 5.99. The Bertz CT molecular complexity index is 1740.